The minimum absolute atomic E-state index is 0.000492. The molecular formula is C20H22FN5O. The first-order valence-electron chi connectivity index (χ1n) is 8.90. The number of nitrogens with zero attached hydrogens (tertiary/aromatic N) is 4. The molecule has 1 aromatic heterocycles. The Kier molecular flexibility index (Phi) is 5.90. The summed E-state index contributed by atoms with van der Waals surface area (Å²) in [5, 5.41) is 15.0. The van der Waals surface area contributed by atoms with Crippen LogP contribution in [0.4, 0.5) is 4.39 Å². The van der Waals surface area contributed by atoms with E-state index in [0.717, 1.165) is 11.1 Å². The number of hydrogen-bond acceptors (Lipinski definition) is 4. The van der Waals surface area contributed by atoms with Crippen molar-refractivity contribution in [3.05, 3.63) is 65.5 Å². The molecular weight excluding hydrogens is 345 g/mol. The highest BCUT2D eigenvalue weighted by atomic mass is 19.1. The van der Waals surface area contributed by atoms with Crippen LogP contribution in [0.2, 0.25) is 0 Å². The van der Waals surface area contributed by atoms with Gasteiger partial charge in [-0.25, -0.2) is 4.39 Å². The van der Waals surface area contributed by atoms with Gasteiger partial charge in [-0.2, -0.15) is 4.80 Å². The zero-order chi connectivity index (χ0) is 19.2. The van der Waals surface area contributed by atoms with Crippen LogP contribution in [-0.2, 0) is 17.8 Å². The van der Waals surface area contributed by atoms with E-state index in [0.29, 0.717) is 24.7 Å². The van der Waals surface area contributed by atoms with E-state index in [-0.39, 0.29) is 18.3 Å². The van der Waals surface area contributed by atoms with Gasteiger partial charge in [0, 0.05) is 12.1 Å². The third kappa shape index (κ3) is 5.20. The topological polar surface area (TPSA) is 72.7 Å². The second-order valence-corrected chi connectivity index (χ2v) is 6.65. The molecule has 0 saturated heterocycles. The van der Waals surface area contributed by atoms with Gasteiger partial charge in [-0.15, -0.1) is 10.2 Å². The first-order chi connectivity index (χ1) is 13.0. The standard InChI is InChI=1S/C20H22FN5O/c1-14(2)16-5-7-17(8-6-16)20-23-25-26(24-20)13-19(27)22-12-11-15-3-9-18(21)10-4-15/h3-10,14H,11-13H2,1-2H3,(H,22,27). The van der Waals surface area contributed by atoms with Gasteiger partial charge in [-0.05, 0) is 40.8 Å². The SMILES string of the molecule is CC(C)c1ccc(-c2nnn(CC(=O)NCCc3ccc(F)cc3)n2)cc1. The number of hydrogen-bond donors (Lipinski definition) is 1. The third-order valence-corrected chi connectivity index (χ3v) is 4.22. The van der Waals surface area contributed by atoms with Crippen molar-refractivity contribution in [3.8, 4) is 11.4 Å². The number of benzene rings is 2. The minimum atomic E-state index is -0.269. The Labute approximate surface area is 157 Å². The van der Waals surface area contributed by atoms with Gasteiger partial charge in [0.15, 0.2) is 0 Å². The molecule has 2 aromatic carbocycles. The number of carbonyl (C=O) groups excluding carboxylic acids is 1. The molecule has 27 heavy (non-hydrogen) atoms. The van der Waals surface area contributed by atoms with E-state index in [4.69, 9.17) is 0 Å². The van der Waals surface area contributed by atoms with Crippen molar-refractivity contribution in [2.75, 3.05) is 6.54 Å². The van der Waals surface area contributed by atoms with E-state index in [1.165, 1.54) is 22.5 Å². The predicted octanol–water partition coefficient (Wildman–Crippen LogP) is 2.96. The highest BCUT2D eigenvalue weighted by molar-refractivity contribution is 5.75. The molecule has 6 nitrogen and oxygen atoms in total. The van der Waals surface area contributed by atoms with Crippen molar-refractivity contribution in [2.45, 2.75) is 32.7 Å². The normalized spacial score (nSPS) is 11.0. The molecule has 1 heterocycles. The molecule has 3 aromatic rings. The largest absolute Gasteiger partial charge is 0.354 e. The van der Waals surface area contributed by atoms with Crippen LogP contribution in [0.1, 0.15) is 30.9 Å². The molecule has 0 aliphatic rings. The quantitative estimate of drug-likeness (QED) is 0.697. The molecule has 1 amide bonds. The number of aromatic nitrogens is 4. The van der Waals surface area contributed by atoms with Crippen molar-refractivity contribution < 1.29 is 9.18 Å². The number of tetrazole rings is 1. The Bertz CT molecular complexity index is 887. The van der Waals surface area contributed by atoms with Crippen molar-refractivity contribution in [1.29, 1.82) is 0 Å². The fraction of sp³-hybridized carbons (Fsp3) is 0.300. The summed E-state index contributed by atoms with van der Waals surface area (Å²) in [5.74, 6) is 0.483. The van der Waals surface area contributed by atoms with Gasteiger partial charge in [0.2, 0.25) is 11.7 Å². The molecule has 0 bridgehead atoms. The maximum atomic E-state index is 12.9. The lowest BCUT2D eigenvalue weighted by Gasteiger charge is -2.05. The van der Waals surface area contributed by atoms with Crippen LogP contribution in [0.25, 0.3) is 11.4 Å². The predicted molar refractivity (Wildman–Crippen MR) is 100 cm³/mol. The van der Waals surface area contributed by atoms with E-state index in [1.807, 2.05) is 24.3 Å². The lowest BCUT2D eigenvalue weighted by molar-refractivity contribution is -0.122. The van der Waals surface area contributed by atoms with Gasteiger partial charge in [0.05, 0.1) is 0 Å². The summed E-state index contributed by atoms with van der Waals surface area (Å²) in [4.78, 5) is 13.3. The summed E-state index contributed by atoms with van der Waals surface area (Å²) in [6.07, 6.45) is 0.629. The molecule has 0 fully saturated rings. The van der Waals surface area contributed by atoms with Gasteiger partial charge >= 0.3 is 0 Å². The molecule has 0 atom stereocenters. The van der Waals surface area contributed by atoms with E-state index in [9.17, 15) is 9.18 Å². The van der Waals surface area contributed by atoms with E-state index in [2.05, 4.69) is 34.6 Å². The molecule has 0 aliphatic carbocycles. The summed E-state index contributed by atoms with van der Waals surface area (Å²) >= 11 is 0. The average Bonchev–Trinajstić information content (AvgIpc) is 3.12. The molecule has 0 aliphatic heterocycles. The zero-order valence-corrected chi connectivity index (χ0v) is 15.4. The molecule has 1 N–H and O–H groups in total. The Morgan fingerprint density at radius 2 is 1.81 bits per heavy atom. The number of amides is 1. The molecule has 0 unspecified atom stereocenters. The first kappa shape index (κ1) is 18.7. The maximum absolute atomic E-state index is 12.9. The number of halogens is 1. The molecule has 140 valence electrons. The van der Waals surface area contributed by atoms with Crippen LogP contribution >= 0.6 is 0 Å². The summed E-state index contributed by atoms with van der Waals surface area (Å²) in [6, 6.07) is 14.2. The fourth-order valence-corrected chi connectivity index (χ4v) is 2.62. The smallest absolute Gasteiger partial charge is 0.243 e. The zero-order valence-electron chi connectivity index (χ0n) is 15.4. The Morgan fingerprint density at radius 3 is 2.48 bits per heavy atom. The maximum Gasteiger partial charge on any atom is 0.243 e. The first-order valence-corrected chi connectivity index (χ1v) is 8.90. The third-order valence-electron chi connectivity index (χ3n) is 4.22. The van der Waals surface area contributed by atoms with Crippen molar-refractivity contribution in [2.24, 2.45) is 0 Å². The highest BCUT2D eigenvalue weighted by Gasteiger charge is 2.10. The van der Waals surface area contributed by atoms with E-state index in [1.54, 1.807) is 12.1 Å². The van der Waals surface area contributed by atoms with Gasteiger partial charge in [-0.3, -0.25) is 4.79 Å². The van der Waals surface area contributed by atoms with Gasteiger partial charge < -0.3 is 5.32 Å². The van der Waals surface area contributed by atoms with Crippen LogP contribution in [0.3, 0.4) is 0 Å². The van der Waals surface area contributed by atoms with Gasteiger partial charge in [0.25, 0.3) is 0 Å². The Balaban J connectivity index is 1.50. The lowest BCUT2D eigenvalue weighted by atomic mass is 10.0. The van der Waals surface area contributed by atoms with Crippen LogP contribution in [0, 0.1) is 5.82 Å². The second-order valence-electron chi connectivity index (χ2n) is 6.65. The molecule has 0 radical (unpaired) electrons. The molecule has 7 heteroatoms. The molecule has 0 saturated carbocycles. The fourth-order valence-electron chi connectivity index (χ4n) is 2.62. The van der Waals surface area contributed by atoms with E-state index < -0.39 is 0 Å². The van der Waals surface area contributed by atoms with Crippen molar-refractivity contribution in [3.63, 3.8) is 0 Å². The lowest BCUT2D eigenvalue weighted by Crippen LogP contribution is -2.30. The van der Waals surface area contributed by atoms with Crippen LogP contribution in [0.5, 0.6) is 0 Å². The van der Waals surface area contributed by atoms with Crippen molar-refractivity contribution in [1.82, 2.24) is 25.5 Å². The van der Waals surface area contributed by atoms with Crippen molar-refractivity contribution >= 4 is 5.91 Å². The number of carbonyl (C=O) groups is 1. The number of rotatable bonds is 7. The Hall–Kier alpha value is -3.09. The highest BCUT2D eigenvalue weighted by Crippen LogP contribution is 2.19. The summed E-state index contributed by atoms with van der Waals surface area (Å²) in [6.45, 7) is 4.74. The Morgan fingerprint density at radius 1 is 1.11 bits per heavy atom. The monoisotopic (exact) mass is 367 g/mol. The summed E-state index contributed by atoms with van der Waals surface area (Å²) in [5.41, 5.74) is 3.07. The minimum Gasteiger partial charge on any atom is -0.354 e. The van der Waals surface area contributed by atoms with Crippen LogP contribution in [0.15, 0.2) is 48.5 Å². The van der Waals surface area contributed by atoms with E-state index >= 15 is 0 Å². The van der Waals surface area contributed by atoms with Crippen LogP contribution < -0.4 is 5.32 Å². The molecule has 3 rings (SSSR count). The number of nitrogens with one attached hydrogen (secondary N) is 1. The van der Waals surface area contributed by atoms with Gasteiger partial charge in [-0.1, -0.05) is 50.2 Å². The summed E-state index contributed by atoms with van der Waals surface area (Å²) < 4.78 is 12.9. The van der Waals surface area contributed by atoms with Crippen LogP contribution in [-0.4, -0.2) is 32.7 Å². The molecule has 0 spiro atoms. The van der Waals surface area contributed by atoms with Gasteiger partial charge in [0.1, 0.15) is 12.4 Å². The average molecular weight is 367 g/mol. The second kappa shape index (κ2) is 8.53. The summed E-state index contributed by atoms with van der Waals surface area (Å²) in [7, 11) is 0.